The number of aromatic nitrogens is 2. The van der Waals surface area contributed by atoms with Crippen LogP contribution in [-0.4, -0.2) is 9.78 Å². The second kappa shape index (κ2) is 6.18. The van der Waals surface area contributed by atoms with Crippen LogP contribution in [0.15, 0.2) is 24.3 Å². The van der Waals surface area contributed by atoms with Gasteiger partial charge in [0.2, 0.25) is 0 Å². The molecule has 1 atom stereocenters. The summed E-state index contributed by atoms with van der Waals surface area (Å²) in [5.74, 6) is 0.871. The average Bonchev–Trinajstić information content (AvgIpc) is 2.68. The fourth-order valence-electron chi connectivity index (χ4n) is 2.23. The van der Waals surface area contributed by atoms with Crippen molar-refractivity contribution in [2.45, 2.75) is 32.7 Å². The molecule has 2 aromatic rings. The maximum atomic E-state index is 6.17. The number of nitrogens with one attached hydrogen (secondary N) is 1. The largest absolute Gasteiger partial charge is 0.394 e. The minimum Gasteiger partial charge on any atom is -0.394 e. The van der Waals surface area contributed by atoms with E-state index in [9.17, 15) is 0 Å². The first-order valence-corrected chi connectivity index (χ1v) is 7.24. The highest BCUT2D eigenvalue weighted by Gasteiger charge is 2.15. The van der Waals surface area contributed by atoms with Crippen LogP contribution in [0.25, 0.3) is 0 Å². The van der Waals surface area contributed by atoms with E-state index >= 15 is 0 Å². The molecule has 0 saturated heterocycles. The van der Waals surface area contributed by atoms with E-state index in [4.69, 9.17) is 17.3 Å². The zero-order chi connectivity index (χ0) is 14.7. The lowest BCUT2D eigenvalue weighted by Gasteiger charge is -2.16. The van der Waals surface area contributed by atoms with Gasteiger partial charge in [-0.3, -0.25) is 4.68 Å². The summed E-state index contributed by atoms with van der Waals surface area (Å²) in [5.41, 5.74) is 9.04. The molecule has 4 nitrogen and oxygen atoms in total. The van der Waals surface area contributed by atoms with Crippen molar-refractivity contribution in [3.63, 3.8) is 0 Å². The molecule has 1 aromatic heterocycles. The van der Waals surface area contributed by atoms with E-state index in [0.717, 1.165) is 40.6 Å². The molecule has 0 radical (unpaired) electrons. The molecule has 0 aliphatic rings. The monoisotopic (exact) mass is 292 g/mol. The molecule has 0 fully saturated rings. The molecule has 1 heterocycles. The van der Waals surface area contributed by atoms with Crippen LogP contribution < -0.4 is 11.1 Å². The molecule has 0 aliphatic heterocycles. The summed E-state index contributed by atoms with van der Waals surface area (Å²) in [6, 6.07) is 7.95. The summed E-state index contributed by atoms with van der Waals surface area (Å²) in [4.78, 5) is 0. The van der Waals surface area contributed by atoms with E-state index in [-0.39, 0.29) is 6.04 Å². The molecule has 20 heavy (non-hydrogen) atoms. The smallest absolute Gasteiger partial charge is 0.148 e. The van der Waals surface area contributed by atoms with Gasteiger partial charge in [-0.15, -0.1) is 0 Å². The Balaban J connectivity index is 2.19. The van der Waals surface area contributed by atoms with E-state index in [2.05, 4.69) is 24.3 Å². The van der Waals surface area contributed by atoms with Crippen LogP contribution in [0.4, 0.5) is 11.5 Å². The summed E-state index contributed by atoms with van der Waals surface area (Å²) >= 11 is 5.91. The van der Waals surface area contributed by atoms with Crippen molar-refractivity contribution < 1.29 is 0 Å². The highest BCUT2D eigenvalue weighted by molar-refractivity contribution is 6.30. The number of aryl methyl sites for hydroxylation is 2. The molecule has 0 bridgehead atoms. The third-order valence-electron chi connectivity index (χ3n) is 3.37. The predicted molar refractivity (Wildman–Crippen MR) is 85.1 cm³/mol. The number of rotatable bonds is 5. The molecule has 1 unspecified atom stereocenters. The van der Waals surface area contributed by atoms with Crippen molar-refractivity contribution >= 4 is 23.1 Å². The number of anilines is 2. The molecule has 0 spiro atoms. The summed E-state index contributed by atoms with van der Waals surface area (Å²) in [6.07, 6.45) is 1.93. The molecule has 108 valence electrons. The van der Waals surface area contributed by atoms with E-state index in [0.29, 0.717) is 0 Å². The molecule has 0 saturated carbocycles. The Bertz CT molecular complexity index is 574. The average molecular weight is 293 g/mol. The van der Waals surface area contributed by atoms with Crippen molar-refractivity contribution in [2.24, 2.45) is 7.05 Å². The highest BCUT2D eigenvalue weighted by atomic mass is 35.5. The number of hydrogen-bond donors (Lipinski definition) is 2. The van der Waals surface area contributed by atoms with Crippen molar-refractivity contribution in [1.82, 2.24) is 9.78 Å². The van der Waals surface area contributed by atoms with Gasteiger partial charge in [0.1, 0.15) is 5.82 Å². The Morgan fingerprint density at radius 2 is 2.00 bits per heavy atom. The van der Waals surface area contributed by atoms with E-state index < -0.39 is 0 Å². The van der Waals surface area contributed by atoms with Crippen molar-refractivity contribution in [1.29, 1.82) is 0 Å². The molecule has 0 aliphatic carbocycles. The second-order valence-corrected chi connectivity index (χ2v) is 5.44. The van der Waals surface area contributed by atoms with Crippen LogP contribution >= 0.6 is 11.6 Å². The molecule has 2 rings (SSSR count). The first kappa shape index (κ1) is 14.7. The summed E-state index contributed by atoms with van der Waals surface area (Å²) in [6.45, 7) is 4.22. The number of benzene rings is 1. The van der Waals surface area contributed by atoms with Crippen LogP contribution in [0.1, 0.15) is 37.6 Å². The number of nitrogen functional groups attached to an aromatic ring is 1. The van der Waals surface area contributed by atoms with Gasteiger partial charge in [-0.2, -0.15) is 5.10 Å². The van der Waals surface area contributed by atoms with Gasteiger partial charge in [0, 0.05) is 12.1 Å². The lowest BCUT2D eigenvalue weighted by molar-refractivity contribution is 0.725. The SMILES string of the molecule is CCCc1nn(C)c(NC(C)c2ccc(Cl)cc2)c1N. The lowest BCUT2D eigenvalue weighted by atomic mass is 10.1. The third kappa shape index (κ3) is 3.07. The van der Waals surface area contributed by atoms with Crippen LogP contribution in [0.5, 0.6) is 0 Å². The fraction of sp³-hybridized carbons (Fsp3) is 0.400. The van der Waals surface area contributed by atoms with Crippen molar-refractivity contribution in [3.8, 4) is 0 Å². The maximum Gasteiger partial charge on any atom is 0.148 e. The number of nitrogens with zero attached hydrogens (tertiary/aromatic N) is 2. The van der Waals surface area contributed by atoms with Gasteiger partial charge in [0.25, 0.3) is 0 Å². The number of halogens is 1. The van der Waals surface area contributed by atoms with Gasteiger partial charge in [0.15, 0.2) is 0 Å². The Labute approximate surface area is 124 Å². The topological polar surface area (TPSA) is 55.9 Å². The van der Waals surface area contributed by atoms with Gasteiger partial charge >= 0.3 is 0 Å². The Morgan fingerprint density at radius 1 is 1.35 bits per heavy atom. The summed E-state index contributed by atoms with van der Waals surface area (Å²) in [7, 11) is 1.91. The van der Waals surface area contributed by atoms with Gasteiger partial charge in [-0.1, -0.05) is 37.1 Å². The standard InChI is InChI=1S/C15H21ClN4/c1-4-5-13-14(17)15(20(3)19-13)18-10(2)11-6-8-12(16)9-7-11/h6-10,18H,4-5,17H2,1-3H3. The molecule has 5 heteroatoms. The highest BCUT2D eigenvalue weighted by Crippen LogP contribution is 2.27. The molecular weight excluding hydrogens is 272 g/mol. The lowest BCUT2D eigenvalue weighted by Crippen LogP contribution is -2.11. The molecule has 0 amide bonds. The van der Waals surface area contributed by atoms with Crippen molar-refractivity contribution in [3.05, 3.63) is 40.5 Å². The summed E-state index contributed by atoms with van der Waals surface area (Å²) in [5, 5.41) is 8.64. The normalized spacial score (nSPS) is 12.4. The zero-order valence-corrected chi connectivity index (χ0v) is 12.9. The summed E-state index contributed by atoms with van der Waals surface area (Å²) < 4.78 is 1.81. The Hall–Kier alpha value is -1.68. The first-order valence-electron chi connectivity index (χ1n) is 6.86. The predicted octanol–water partition coefficient (Wildman–Crippen LogP) is 3.78. The van der Waals surface area contributed by atoms with E-state index in [1.54, 1.807) is 0 Å². The number of hydrogen-bond acceptors (Lipinski definition) is 3. The third-order valence-corrected chi connectivity index (χ3v) is 3.62. The quantitative estimate of drug-likeness (QED) is 0.882. The van der Waals surface area contributed by atoms with Gasteiger partial charge in [0.05, 0.1) is 17.4 Å². The van der Waals surface area contributed by atoms with E-state index in [1.165, 1.54) is 0 Å². The van der Waals surface area contributed by atoms with Crippen molar-refractivity contribution in [2.75, 3.05) is 11.1 Å². The van der Waals surface area contributed by atoms with E-state index in [1.807, 2.05) is 36.0 Å². The maximum absolute atomic E-state index is 6.17. The minimum absolute atomic E-state index is 0.138. The zero-order valence-electron chi connectivity index (χ0n) is 12.2. The molecular formula is C15H21ClN4. The van der Waals surface area contributed by atoms with Gasteiger partial charge in [-0.05, 0) is 31.0 Å². The van der Waals surface area contributed by atoms with Gasteiger partial charge < -0.3 is 11.1 Å². The number of nitrogens with two attached hydrogens (primary N) is 1. The molecule has 1 aromatic carbocycles. The van der Waals surface area contributed by atoms with Crippen LogP contribution in [0.2, 0.25) is 5.02 Å². The first-order chi connectivity index (χ1) is 9.52. The molecule has 3 N–H and O–H groups in total. The Morgan fingerprint density at radius 3 is 2.60 bits per heavy atom. The Kier molecular flexibility index (Phi) is 4.55. The van der Waals surface area contributed by atoms with Crippen LogP contribution in [-0.2, 0) is 13.5 Å². The second-order valence-electron chi connectivity index (χ2n) is 5.00. The van der Waals surface area contributed by atoms with Crippen LogP contribution in [0.3, 0.4) is 0 Å². The van der Waals surface area contributed by atoms with Crippen LogP contribution in [0, 0.1) is 0 Å². The fourth-order valence-corrected chi connectivity index (χ4v) is 2.35. The minimum atomic E-state index is 0.138. The van der Waals surface area contributed by atoms with Gasteiger partial charge in [-0.25, -0.2) is 0 Å².